The molecule has 0 aliphatic carbocycles. The van der Waals surface area contributed by atoms with E-state index < -0.39 is 6.61 Å². The molecule has 21 heavy (non-hydrogen) atoms. The maximum absolute atomic E-state index is 12.4. The van der Waals surface area contributed by atoms with E-state index >= 15 is 0 Å². The van der Waals surface area contributed by atoms with Crippen molar-refractivity contribution in [2.45, 2.75) is 6.61 Å². The highest BCUT2D eigenvalue weighted by molar-refractivity contribution is 9.09. The first-order valence-corrected chi connectivity index (χ1v) is 7.85. The molecule has 1 heterocycles. The van der Waals surface area contributed by atoms with Crippen LogP contribution in [0, 0.1) is 0 Å². The summed E-state index contributed by atoms with van der Waals surface area (Å²) in [6.07, 6.45) is 0. The van der Waals surface area contributed by atoms with Gasteiger partial charge in [-0.05, 0) is 18.2 Å². The van der Waals surface area contributed by atoms with Crippen LogP contribution in [0.5, 0.6) is 5.75 Å². The van der Waals surface area contributed by atoms with Gasteiger partial charge in [0.25, 0.3) is 5.91 Å². The molecule has 1 fully saturated rings. The normalized spacial score (nSPS) is 16.3. The number of rotatable bonds is 5. The van der Waals surface area contributed by atoms with Crippen LogP contribution in [0.2, 0.25) is 0 Å². The van der Waals surface area contributed by atoms with E-state index in [9.17, 15) is 13.6 Å². The topological polar surface area (TPSA) is 32.8 Å². The van der Waals surface area contributed by atoms with Gasteiger partial charge in [-0.2, -0.15) is 8.78 Å². The van der Waals surface area contributed by atoms with Crippen LogP contribution in [0.1, 0.15) is 10.4 Å². The molecule has 1 aliphatic heterocycles. The first kappa shape index (κ1) is 16.2. The number of hydrogen-bond acceptors (Lipinski definition) is 3. The lowest BCUT2D eigenvalue weighted by Crippen LogP contribution is -2.49. The Morgan fingerprint density at radius 2 is 2.00 bits per heavy atom. The number of nitrogens with zero attached hydrogens (tertiary/aromatic N) is 2. The molecule has 4 nitrogen and oxygen atoms in total. The van der Waals surface area contributed by atoms with Crippen molar-refractivity contribution in [3.05, 3.63) is 29.8 Å². The molecule has 0 bridgehead atoms. The predicted molar refractivity (Wildman–Crippen MR) is 79.2 cm³/mol. The van der Waals surface area contributed by atoms with Gasteiger partial charge in [0.15, 0.2) is 0 Å². The molecule has 7 heteroatoms. The van der Waals surface area contributed by atoms with E-state index in [0.29, 0.717) is 18.7 Å². The van der Waals surface area contributed by atoms with Crippen molar-refractivity contribution >= 4 is 21.8 Å². The third kappa shape index (κ3) is 4.64. The molecule has 0 aromatic heterocycles. The van der Waals surface area contributed by atoms with Crippen LogP contribution in [-0.2, 0) is 0 Å². The minimum absolute atomic E-state index is 0.00812. The highest BCUT2D eigenvalue weighted by Crippen LogP contribution is 2.18. The largest absolute Gasteiger partial charge is 0.435 e. The third-order valence-corrected chi connectivity index (χ3v) is 3.72. The first-order chi connectivity index (χ1) is 10.1. The monoisotopic (exact) mass is 362 g/mol. The summed E-state index contributed by atoms with van der Waals surface area (Å²) in [5.74, 6) is -0.137. The van der Waals surface area contributed by atoms with Gasteiger partial charge in [-0.1, -0.05) is 22.0 Å². The minimum atomic E-state index is -2.89. The van der Waals surface area contributed by atoms with Crippen molar-refractivity contribution in [3.63, 3.8) is 0 Å². The lowest BCUT2D eigenvalue weighted by molar-refractivity contribution is -0.0499. The van der Waals surface area contributed by atoms with Gasteiger partial charge in [0.1, 0.15) is 5.75 Å². The smallest absolute Gasteiger partial charge is 0.387 e. The summed E-state index contributed by atoms with van der Waals surface area (Å²) in [5.41, 5.74) is 0.377. The second-order valence-electron chi connectivity index (χ2n) is 4.73. The second-order valence-corrected chi connectivity index (χ2v) is 5.52. The molecule has 0 spiro atoms. The minimum Gasteiger partial charge on any atom is -0.435 e. The number of halogens is 3. The third-order valence-electron chi connectivity index (χ3n) is 3.37. The molecule has 0 radical (unpaired) electrons. The molecule has 1 amide bonds. The van der Waals surface area contributed by atoms with Crippen LogP contribution < -0.4 is 4.74 Å². The molecule has 2 rings (SSSR count). The molecule has 0 atom stereocenters. The summed E-state index contributed by atoms with van der Waals surface area (Å²) in [6, 6.07) is 5.94. The maximum atomic E-state index is 12.4. The van der Waals surface area contributed by atoms with E-state index in [1.165, 1.54) is 12.1 Å². The van der Waals surface area contributed by atoms with Crippen molar-refractivity contribution in [2.75, 3.05) is 38.1 Å². The van der Waals surface area contributed by atoms with Gasteiger partial charge in [0.2, 0.25) is 0 Å². The van der Waals surface area contributed by atoms with Gasteiger partial charge in [-0.15, -0.1) is 0 Å². The van der Waals surface area contributed by atoms with Gasteiger partial charge in [-0.25, -0.2) is 0 Å². The average molecular weight is 363 g/mol. The molecular weight excluding hydrogens is 346 g/mol. The van der Waals surface area contributed by atoms with Crippen LogP contribution in [-0.4, -0.2) is 60.4 Å². The van der Waals surface area contributed by atoms with E-state index in [2.05, 4.69) is 25.6 Å². The fourth-order valence-electron chi connectivity index (χ4n) is 2.28. The molecular formula is C14H17BrF2N2O2. The second kappa shape index (κ2) is 7.70. The Labute approximate surface area is 130 Å². The Morgan fingerprint density at radius 1 is 1.29 bits per heavy atom. The summed E-state index contributed by atoms with van der Waals surface area (Å²) < 4.78 is 28.7. The zero-order valence-corrected chi connectivity index (χ0v) is 13.1. The highest BCUT2D eigenvalue weighted by Gasteiger charge is 2.22. The number of alkyl halides is 3. The molecule has 0 N–H and O–H groups in total. The van der Waals surface area contributed by atoms with E-state index in [1.54, 1.807) is 17.0 Å². The number of carbonyl (C=O) groups excluding carboxylic acids is 1. The van der Waals surface area contributed by atoms with E-state index in [1.807, 2.05) is 0 Å². The van der Waals surface area contributed by atoms with Crippen LogP contribution in [0.15, 0.2) is 24.3 Å². The van der Waals surface area contributed by atoms with Crippen molar-refractivity contribution in [2.24, 2.45) is 0 Å². The zero-order valence-electron chi connectivity index (χ0n) is 11.5. The van der Waals surface area contributed by atoms with Crippen LogP contribution in [0.4, 0.5) is 8.78 Å². The Kier molecular flexibility index (Phi) is 5.93. The summed E-state index contributed by atoms with van der Waals surface area (Å²) in [4.78, 5) is 16.4. The fraction of sp³-hybridized carbons (Fsp3) is 0.500. The molecule has 0 unspecified atom stereocenters. The highest BCUT2D eigenvalue weighted by atomic mass is 79.9. The Morgan fingerprint density at radius 3 is 2.62 bits per heavy atom. The quantitative estimate of drug-likeness (QED) is 0.754. The van der Waals surface area contributed by atoms with Crippen molar-refractivity contribution in [1.82, 2.24) is 9.80 Å². The van der Waals surface area contributed by atoms with Crippen molar-refractivity contribution < 1.29 is 18.3 Å². The van der Waals surface area contributed by atoms with E-state index in [4.69, 9.17) is 0 Å². The van der Waals surface area contributed by atoms with E-state index in [-0.39, 0.29) is 11.7 Å². The van der Waals surface area contributed by atoms with Crippen LogP contribution >= 0.6 is 15.9 Å². The standard InChI is InChI=1S/C14H17BrF2N2O2/c15-4-5-18-6-8-19(9-7-18)13(20)11-2-1-3-12(10-11)21-14(16)17/h1-3,10,14H,4-9H2. The van der Waals surface area contributed by atoms with E-state index in [0.717, 1.165) is 25.0 Å². The van der Waals surface area contributed by atoms with Crippen LogP contribution in [0.3, 0.4) is 0 Å². The zero-order chi connectivity index (χ0) is 15.2. The molecule has 1 aliphatic rings. The SMILES string of the molecule is O=C(c1cccc(OC(F)F)c1)N1CCN(CCBr)CC1. The Balaban J connectivity index is 1.97. The van der Waals surface area contributed by atoms with Crippen LogP contribution in [0.25, 0.3) is 0 Å². The number of ether oxygens (including phenoxy) is 1. The van der Waals surface area contributed by atoms with Crippen molar-refractivity contribution in [1.29, 1.82) is 0 Å². The van der Waals surface area contributed by atoms with Gasteiger partial charge in [-0.3, -0.25) is 9.69 Å². The van der Waals surface area contributed by atoms with Gasteiger partial charge >= 0.3 is 6.61 Å². The summed E-state index contributed by atoms with van der Waals surface area (Å²) in [7, 11) is 0. The van der Waals surface area contributed by atoms with Crippen molar-refractivity contribution in [3.8, 4) is 5.75 Å². The number of benzene rings is 1. The molecule has 1 aromatic rings. The Bertz CT molecular complexity index is 480. The number of carbonyl (C=O) groups is 1. The summed E-state index contributed by atoms with van der Waals surface area (Å²) >= 11 is 3.40. The van der Waals surface area contributed by atoms with Gasteiger partial charge in [0, 0.05) is 43.6 Å². The molecule has 1 saturated heterocycles. The molecule has 116 valence electrons. The fourth-order valence-corrected chi connectivity index (χ4v) is 2.78. The first-order valence-electron chi connectivity index (χ1n) is 6.72. The molecule has 1 aromatic carbocycles. The molecule has 0 saturated carbocycles. The van der Waals surface area contributed by atoms with Gasteiger partial charge in [0.05, 0.1) is 0 Å². The average Bonchev–Trinajstić information content (AvgIpc) is 2.47. The number of amides is 1. The van der Waals surface area contributed by atoms with Gasteiger partial charge < -0.3 is 9.64 Å². The lowest BCUT2D eigenvalue weighted by atomic mass is 10.1. The Hall–Kier alpha value is -1.21. The number of piperazine rings is 1. The lowest BCUT2D eigenvalue weighted by Gasteiger charge is -2.34. The summed E-state index contributed by atoms with van der Waals surface area (Å²) in [6.45, 7) is 1.01. The number of hydrogen-bond donors (Lipinski definition) is 0. The predicted octanol–water partition coefficient (Wildman–Crippen LogP) is 2.44. The maximum Gasteiger partial charge on any atom is 0.387 e. The summed E-state index contributed by atoms with van der Waals surface area (Å²) in [5, 5.41) is 0.911.